The molecule has 2 heterocycles. The van der Waals surface area contributed by atoms with Crippen molar-refractivity contribution in [3.05, 3.63) is 23.4 Å². The molecule has 1 aliphatic heterocycles. The number of piperidine rings is 1. The van der Waals surface area contributed by atoms with Gasteiger partial charge in [-0.15, -0.1) is 0 Å². The summed E-state index contributed by atoms with van der Waals surface area (Å²) >= 11 is 0. The third-order valence-electron chi connectivity index (χ3n) is 9.16. The van der Waals surface area contributed by atoms with Crippen LogP contribution in [0.5, 0.6) is 5.75 Å². The van der Waals surface area contributed by atoms with Crippen molar-refractivity contribution in [3.8, 4) is 5.75 Å². The van der Waals surface area contributed by atoms with E-state index in [1.54, 1.807) is 0 Å². The Kier molecular flexibility index (Phi) is 8.40. The lowest BCUT2D eigenvalue weighted by atomic mass is 9.71. The first kappa shape index (κ1) is 26.5. The molecule has 2 aliphatic carbocycles. The Hall–Kier alpha value is -2.12. The minimum absolute atomic E-state index is 0.0720. The molecule has 1 saturated heterocycles. The highest BCUT2D eigenvalue weighted by molar-refractivity contribution is 5.84. The molecule has 0 spiro atoms. The summed E-state index contributed by atoms with van der Waals surface area (Å²) in [5.41, 5.74) is 8.68. The predicted molar refractivity (Wildman–Crippen MR) is 146 cm³/mol. The molecule has 0 atom stereocenters. The maximum atomic E-state index is 12.2. The van der Waals surface area contributed by atoms with Crippen LogP contribution < -0.4 is 10.5 Å². The lowest BCUT2D eigenvalue weighted by molar-refractivity contribution is -0.130. The van der Waals surface area contributed by atoms with Crippen LogP contribution in [-0.4, -0.2) is 61.2 Å². The van der Waals surface area contributed by atoms with Crippen LogP contribution >= 0.6 is 0 Å². The van der Waals surface area contributed by atoms with Crippen molar-refractivity contribution < 1.29 is 14.1 Å². The topological polar surface area (TPSA) is 84.8 Å². The molecule has 3 aliphatic rings. The van der Waals surface area contributed by atoms with Crippen molar-refractivity contribution in [2.24, 2.45) is 23.0 Å². The summed E-state index contributed by atoms with van der Waals surface area (Å²) in [6.07, 6.45) is 13.5. The number of benzene rings is 1. The molecule has 7 heteroatoms. The Balaban J connectivity index is 1.14. The van der Waals surface area contributed by atoms with Crippen LogP contribution in [0.15, 0.2) is 16.7 Å². The van der Waals surface area contributed by atoms with E-state index in [9.17, 15) is 4.79 Å². The highest BCUT2D eigenvalue weighted by Gasteiger charge is 2.38. The predicted octanol–water partition coefficient (Wildman–Crippen LogP) is 5.15. The van der Waals surface area contributed by atoms with E-state index < -0.39 is 0 Å². The SMILES string of the molecule is CN(C)Cc1c(OCC2CC2)ccc2c(CCC3CCN(CCC4(C(N)=O)CCCCC4)CC3)noc12. The second-order valence-electron chi connectivity index (χ2n) is 12.3. The first-order chi connectivity index (χ1) is 17.9. The molecule has 3 fully saturated rings. The third kappa shape index (κ3) is 6.48. The van der Waals surface area contributed by atoms with Gasteiger partial charge < -0.3 is 24.8 Å². The van der Waals surface area contributed by atoms with Gasteiger partial charge in [0.1, 0.15) is 5.75 Å². The van der Waals surface area contributed by atoms with E-state index in [1.165, 1.54) is 32.1 Å². The number of aryl methyl sites for hydroxylation is 1. The fraction of sp³-hybridized carbons (Fsp3) is 0.733. The third-order valence-corrected chi connectivity index (χ3v) is 9.16. The maximum absolute atomic E-state index is 12.2. The number of aromatic nitrogens is 1. The molecular weight excluding hydrogens is 464 g/mol. The van der Waals surface area contributed by atoms with E-state index in [2.05, 4.69) is 41.2 Å². The number of rotatable bonds is 12. The molecule has 0 unspecified atom stereocenters. The van der Waals surface area contributed by atoms with E-state index in [1.807, 2.05) is 0 Å². The highest BCUT2D eigenvalue weighted by atomic mass is 16.5. The van der Waals surface area contributed by atoms with Gasteiger partial charge in [-0.3, -0.25) is 4.79 Å². The van der Waals surface area contributed by atoms with Gasteiger partial charge >= 0.3 is 0 Å². The standard InChI is InChI=1S/C30H46N4O3/c1-33(2)20-25-27(36-21-23-6-7-23)11-9-24-26(32-37-28(24)25)10-8-22-12-17-34(18-13-22)19-16-30(29(31)35)14-4-3-5-15-30/h9,11,22-23H,3-8,10,12-21H2,1-2H3,(H2,31,35). The van der Waals surface area contributed by atoms with Crippen molar-refractivity contribution >= 4 is 16.9 Å². The summed E-state index contributed by atoms with van der Waals surface area (Å²) < 4.78 is 12.1. The van der Waals surface area contributed by atoms with Crippen molar-refractivity contribution in [2.75, 3.05) is 40.3 Å². The lowest BCUT2D eigenvalue weighted by Crippen LogP contribution is -2.43. The van der Waals surface area contributed by atoms with Crippen LogP contribution in [0.25, 0.3) is 11.0 Å². The lowest BCUT2D eigenvalue weighted by Gasteiger charge is -2.38. The number of hydrogen-bond acceptors (Lipinski definition) is 6. The van der Waals surface area contributed by atoms with Crippen LogP contribution in [0.3, 0.4) is 0 Å². The Morgan fingerprint density at radius 2 is 1.89 bits per heavy atom. The average molecular weight is 511 g/mol. The molecule has 2 N–H and O–H groups in total. The van der Waals surface area contributed by atoms with E-state index in [0.29, 0.717) is 5.92 Å². The molecular formula is C30H46N4O3. The van der Waals surface area contributed by atoms with Gasteiger partial charge in [0, 0.05) is 11.9 Å². The molecule has 204 valence electrons. The number of amides is 1. The second-order valence-corrected chi connectivity index (χ2v) is 12.3. The van der Waals surface area contributed by atoms with E-state index in [0.717, 1.165) is 112 Å². The Morgan fingerprint density at radius 1 is 1.14 bits per heavy atom. The quantitative estimate of drug-likeness (QED) is 0.425. The van der Waals surface area contributed by atoms with Crippen molar-refractivity contribution in [2.45, 2.75) is 83.6 Å². The number of hydrogen-bond donors (Lipinski definition) is 1. The first-order valence-corrected chi connectivity index (χ1v) is 14.6. The first-order valence-electron chi connectivity index (χ1n) is 14.6. The fourth-order valence-electron chi connectivity index (χ4n) is 6.42. The molecule has 0 bridgehead atoms. The number of likely N-dealkylation sites (tertiary alicyclic amines) is 1. The molecule has 37 heavy (non-hydrogen) atoms. The summed E-state index contributed by atoms with van der Waals surface area (Å²) in [5, 5.41) is 5.65. The van der Waals surface area contributed by atoms with E-state index in [-0.39, 0.29) is 11.3 Å². The normalized spacial score (nSPS) is 21.1. The summed E-state index contributed by atoms with van der Waals surface area (Å²) in [6, 6.07) is 4.26. The monoisotopic (exact) mass is 510 g/mol. The van der Waals surface area contributed by atoms with Gasteiger partial charge in [-0.2, -0.15) is 0 Å². The molecule has 1 aromatic heterocycles. The molecule has 1 amide bonds. The molecule has 0 radical (unpaired) electrons. The van der Waals surface area contributed by atoms with Crippen LogP contribution in [0.2, 0.25) is 0 Å². The zero-order valence-corrected chi connectivity index (χ0v) is 23.0. The summed E-state index contributed by atoms with van der Waals surface area (Å²) in [6.45, 7) is 4.82. The van der Waals surface area contributed by atoms with Gasteiger partial charge in [0.15, 0.2) is 5.58 Å². The van der Waals surface area contributed by atoms with Crippen molar-refractivity contribution in [3.63, 3.8) is 0 Å². The number of ether oxygens (including phenoxy) is 1. The number of carbonyl (C=O) groups is 1. The summed E-state index contributed by atoms with van der Waals surface area (Å²) in [7, 11) is 4.16. The van der Waals surface area contributed by atoms with Gasteiger partial charge in [0.05, 0.1) is 23.3 Å². The highest BCUT2D eigenvalue weighted by Crippen LogP contribution is 2.40. The molecule has 7 nitrogen and oxygen atoms in total. The molecule has 5 rings (SSSR count). The zero-order valence-electron chi connectivity index (χ0n) is 23.0. The average Bonchev–Trinajstić information content (AvgIpc) is 3.64. The number of fused-ring (bicyclic) bond motifs is 1. The fourth-order valence-corrected chi connectivity index (χ4v) is 6.42. The Labute approximate surface area is 222 Å². The maximum Gasteiger partial charge on any atom is 0.223 e. The smallest absolute Gasteiger partial charge is 0.223 e. The van der Waals surface area contributed by atoms with E-state index >= 15 is 0 Å². The zero-order chi connectivity index (χ0) is 25.8. The number of carbonyl (C=O) groups excluding carboxylic acids is 1. The van der Waals surface area contributed by atoms with Gasteiger partial charge in [-0.25, -0.2) is 0 Å². The Bertz CT molecular complexity index is 1050. The minimum atomic E-state index is -0.253. The van der Waals surface area contributed by atoms with Crippen molar-refractivity contribution in [1.29, 1.82) is 0 Å². The van der Waals surface area contributed by atoms with Gasteiger partial charge in [0.2, 0.25) is 5.91 Å². The van der Waals surface area contributed by atoms with Crippen LogP contribution in [0, 0.1) is 17.3 Å². The second kappa shape index (κ2) is 11.7. The number of nitrogens with two attached hydrogens (primary N) is 1. The van der Waals surface area contributed by atoms with E-state index in [4.69, 9.17) is 15.0 Å². The molecule has 2 saturated carbocycles. The van der Waals surface area contributed by atoms with Crippen molar-refractivity contribution in [1.82, 2.24) is 15.0 Å². The minimum Gasteiger partial charge on any atom is -0.493 e. The summed E-state index contributed by atoms with van der Waals surface area (Å²) in [5.74, 6) is 2.30. The van der Waals surface area contributed by atoms with Gasteiger partial charge in [-0.05, 0) is 115 Å². The number of nitrogens with zero attached hydrogens (tertiary/aromatic N) is 3. The van der Waals surface area contributed by atoms with Crippen LogP contribution in [-0.2, 0) is 17.8 Å². The molecule has 1 aromatic carbocycles. The van der Waals surface area contributed by atoms with Crippen LogP contribution in [0.4, 0.5) is 0 Å². The molecule has 2 aromatic rings. The number of primary amides is 1. The van der Waals surface area contributed by atoms with Crippen LogP contribution in [0.1, 0.15) is 81.9 Å². The Morgan fingerprint density at radius 3 is 2.57 bits per heavy atom. The largest absolute Gasteiger partial charge is 0.493 e. The van der Waals surface area contributed by atoms with Gasteiger partial charge in [-0.1, -0.05) is 24.4 Å². The summed E-state index contributed by atoms with van der Waals surface area (Å²) in [4.78, 5) is 16.9. The van der Waals surface area contributed by atoms with Gasteiger partial charge in [0.25, 0.3) is 0 Å².